The molecule has 2 rings (SSSR count). The first-order chi connectivity index (χ1) is 11.2. The van der Waals surface area contributed by atoms with Crippen LogP contribution >= 0.6 is 23.1 Å². The molecule has 128 valence electrons. The normalized spacial score (nSPS) is 12.7. The van der Waals surface area contributed by atoms with Crippen molar-refractivity contribution < 1.29 is 9.59 Å². The number of nitrogens with one attached hydrogen (secondary N) is 1. The van der Waals surface area contributed by atoms with Crippen molar-refractivity contribution >= 4 is 39.9 Å². The van der Waals surface area contributed by atoms with Crippen LogP contribution in [0.1, 0.15) is 43.6 Å². The quantitative estimate of drug-likeness (QED) is 0.781. The first kappa shape index (κ1) is 18.5. The fraction of sp³-hybridized carbons (Fsp3) is 0.333. The van der Waals surface area contributed by atoms with E-state index in [4.69, 9.17) is 5.73 Å². The minimum atomic E-state index is -0.537. The van der Waals surface area contributed by atoms with Crippen molar-refractivity contribution in [1.29, 1.82) is 0 Å². The first-order valence-corrected chi connectivity index (χ1v) is 9.40. The molecule has 0 spiro atoms. The number of nitrogens with two attached hydrogens (primary N) is 1. The Hall–Kier alpha value is -1.79. The minimum Gasteiger partial charge on any atom is -0.366 e. The van der Waals surface area contributed by atoms with Gasteiger partial charge in [-0.2, -0.15) is 0 Å². The van der Waals surface area contributed by atoms with Crippen molar-refractivity contribution in [3.8, 4) is 0 Å². The molecule has 6 heteroatoms. The summed E-state index contributed by atoms with van der Waals surface area (Å²) in [4.78, 5) is 24.7. The molecule has 0 fully saturated rings. The van der Waals surface area contributed by atoms with E-state index in [9.17, 15) is 9.59 Å². The summed E-state index contributed by atoms with van der Waals surface area (Å²) in [5.74, 6) is -0.686. The van der Waals surface area contributed by atoms with E-state index in [0.717, 1.165) is 4.90 Å². The Balaban J connectivity index is 2.01. The van der Waals surface area contributed by atoms with Gasteiger partial charge in [0.25, 0.3) is 5.91 Å². The standard InChI is InChI=1S/C18H22N2O2S2/c1-11(16(22)20-17-14(15(19)21)9-10-23-17)24-13-7-5-12(6-8-13)18(2,3)4/h5-11H,1-4H3,(H2,19,21)(H,20,22)/t11-/m0/s1. The summed E-state index contributed by atoms with van der Waals surface area (Å²) in [7, 11) is 0. The van der Waals surface area contributed by atoms with Gasteiger partial charge in [-0.3, -0.25) is 9.59 Å². The molecule has 0 unspecified atom stereocenters. The molecule has 1 aromatic heterocycles. The summed E-state index contributed by atoms with van der Waals surface area (Å²) < 4.78 is 0. The molecule has 1 heterocycles. The molecule has 24 heavy (non-hydrogen) atoms. The fourth-order valence-electron chi connectivity index (χ4n) is 2.10. The van der Waals surface area contributed by atoms with Gasteiger partial charge < -0.3 is 11.1 Å². The van der Waals surface area contributed by atoms with Gasteiger partial charge in [0.15, 0.2) is 0 Å². The molecule has 0 radical (unpaired) electrons. The molecule has 0 saturated heterocycles. The summed E-state index contributed by atoms with van der Waals surface area (Å²) in [5.41, 5.74) is 7.01. The number of thiophene rings is 1. The van der Waals surface area contributed by atoms with Crippen LogP contribution in [0, 0.1) is 0 Å². The van der Waals surface area contributed by atoms with Gasteiger partial charge in [0, 0.05) is 4.90 Å². The molecule has 1 aromatic carbocycles. The number of hydrogen-bond donors (Lipinski definition) is 2. The van der Waals surface area contributed by atoms with Crippen LogP contribution in [0.25, 0.3) is 0 Å². The largest absolute Gasteiger partial charge is 0.366 e. The maximum absolute atomic E-state index is 12.3. The van der Waals surface area contributed by atoms with Gasteiger partial charge >= 0.3 is 0 Å². The number of anilines is 1. The van der Waals surface area contributed by atoms with Gasteiger partial charge in [-0.25, -0.2) is 0 Å². The first-order valence-electron chi connectivity index (χ1n) is 7.64. The number of carbonyl (C=O) groups is 2. The number of amides is 2. The lowest BCUT2D eigenvalue weighted by atomic mass is 9.87. The average molecular weight is 363 g/mol. The van der Waals surface area contributed by atoms with Crippen LogP contribution in [0.4, 0.5) is 5.00 Å². The van der Waals surface area contributed by atoms with Crippen LogP contribution in [-0.4, -0.2) is 17.1 Å². The van der Waals surface area contributed by atoms with E-state index in [0.29, 0.717) is 10.6 Å². The predicted molar refractivity (Wildman–Crippen MR) is 102 cm³/mol. The second kappa shape index (κ2) is 7.40. The van der Waals surface area contributed by atoms with Crippen molar-refractivity contribution in [2.24, 2.45) is 5.73 Å². The van der Waals surface area contributed by atoms with Gasteiger partial charge in [-0.1, -0.05) is 32.9 Å². The Bertz CT molecular complexity index is 730. The molecule has 0 saturated carbocycles. The van der Waals surface area contributed by atoms with E-state index < -0.39 is 5.91 Å². The molecule has 0 aliphatic rings. The van der Waals surface area contributed by atoms with Crippen molar-refractivity contribution in [3.63, 3.8) is 0 Å². The highest BCUT2D eigenvalue weighted by Crippen LogP contribution is 2.29. The number of benzene rings is 1. The maximum Gasteiger partial charge on any atom is 0.251 e. The minimum absolute atomic E-state index is 0.108. The third-order valence-corrected chi connectivity index (χ3v) is 5.51. The van der Waals surface area contributed by atoms with E-state index in [1.807, 2.05) is 19.1 Å². The highest BCUT2D eigenvalue weighted by atomic mass is 32.2. The summed E-state index contributed by atoms with van der Waals surface area (Å²) in [6.45, 7) is 8.35. The third-order valence-electron chi connectivity index (χ3n) is 3.57. The van der Waals surface area contributed by atoms with E-state index >= 15 is 0 Å². The second-order valence-electron chi connectivity index (χ2n) is 6.55. The van der Waals surface area contributed by atoms with Crippen LogP contribution in [0.15, 0.2) is 40.6 Å². The van der Waals surface area contributed by atoms with Gasteiger partial charge in [0.1, 0.15) is 5.00 Å². The van der Waals surface area contributed by atoms with E-state index in [2.05, 4.69) is 38.2 Å². The lowest BCUT2D eigenvalue weighted by Crippen LogP contribution is -2.23. The van der Waals surface area contributed by atoms with Crippen LogP contribution in [0.5, 0.6) is 0 Å². The van der Waals surface area contributed by atoms with Crippen LogP contribution in [0.2, 0.25) is 0 Å². The number of hydrogen-bond acceptors (Lipinski definition) is 4. The lowest BCUT2D eigenvalue weighted by molar-refractivity contribution is -0.115. The van der Waals surface area contributed by atoms with Crippen LogP contribution in [0.3, 0.4) is 0 Å². The zero-order valence-corrected chi connectivity index (χ0v) is 15.9. The van der Waals surface area contributed by atoms with Crippen LogP contribution in [-0.2, 0) is 10.2 Å². The molecular formula is C18H22N2O2S2. The molecule has 0 aliphatic carbocycles. The summed E-state index contributed by atoms with van der Waals surface area (Å²) in [6, 6.07) is 9.88. The highest BCUT2D eigenvalue weighted by Gasteiger charge is 2.19. The zero-order chi connectivity index (χ0) is 17.9. The zero-order valence-electron chi connectivity index (χ0n) is 14.3. The summed E-state index contributed by atoms with van der Waals surface area (Å²) >= 11 is 2.78. The molecule has 0 aliphatic heterocycles. The molecule has 2 aromatic rings. The topological polar surface area (TPSA) is 72.2 Å². The van der Waals surface area contributed by atoms with Gasteiger partial charge in [-0.15, -0.1) is 23.1 Å². The second-order valence-corrected chi connectivity index (χ2v) is 8.88. The third kappa shape index (κ3) is 4.61. The lowest BCUT2D eigenvalue weighted by Gasteiger charge is -2.19. The Morgan fingerprint density at radius 1 is 1.17 bits per heavy atom. The SMILES string of the molecule is C[C@H](Sc1ccc(C(C)(C)C)cc1)C(=O)Nc1sccc1C(N)=O. The predicted octanol–water partition coefficient (Wildman–Crippen LogP) is 4.26. The molecular weight excluding hydrogens is 340 g/mol. The van der Waals surface area contributed by atoms with Gasteiger partial charge in [0.05, 0.1) is 10.8 Å². The van der Waals surface area contributed by atoms with Crippen LogP contribution < -0.4 is 11.1 Å². The van der Waals surface area contributed by atoms with Crippen molar-refractivity contribution in [2.45, 2.75) is 43.3 Å². The number of primary amides is 1. The summed E-state index contributed by atoms with van der Waals surface area (Å²) in [6.07, 6.45) is 0. The summed E-state index contributed by atoms with van der Waals surface area (Å²) in [5, 5.41) is 4.74. The fourth-order valence-corrected chi connectivity index (χ4v) is 3.77. The number of thioether (sulfide) groups is 1. The Labute approximate surface area is 150 Å². The van der Waals surface area contributed by atoms with Gasteiger partial charge in [-0.05, 0) is 41.5 Å². The Kier molecular flexibility index (Phi) is 5.72. The molecule has 4 nitrogen and oxygen atoms in total. The van der Waals surface area contributed by atoms with Gasteiger partial charge in [0.2, 0.25) is 5.91 Å². The molecule has 2 amide bonds. The average Bonchev–Trinajstić information content (AvgIpc) is 2.95. The smallest absolute Gasteiger partial charge is 0.251 e. The molecule has 1 atom stereocenters. The van der Waals surface area contributed by atoms with E-state index in [-0.39, 0.29) is 16.6 Å². The Morgan fingerprint density at radius 3 is 2.33 bits per heavy atom. The number of rotatable bonds is 5. The monoisotopic (exact) mass is 362 g/mol. The molecule has 0 bridgehead atoms. The van der Waals surface area contributed by atoms with Crippen molar-refractivity contribution in [1.82, 2.24) is 0 Å². The molecule has 3 N–H and O–H groups in total. The van der Waals surface area contributed by atoms with E-state index in [1.165, 1.54) is 28.7 Å². The van der Waals surface area contributed by atoms with E-state index in [1.54, 1.807) is 11.4 Å². The van der Waals surface area contributed by atoms with Crippen molar-refractivity contribution in [3.05, 3.63) is 46.8 Å². The van der Waals surface area contributed by atoms with Crippen molar-refractivity contribution in [2.75, 3.05) is 5.32 Å². The Morgan fingerprint density at radius 2 is 1.79 bits per heavy atom. The highest BCUT2D eigenvalue weighted by molar-refractivity contribution is 8.00. The number of carbonyl (C=O) groups excluding carboxylic acids is 2. The maximum atomic E-state index is 12.3.